The molecule has 0 atom stereocenters. The van der Waals surface area contributed by atoms with Crippen LogP contribution in [0, 0.1) is 0 Å². The van der Waals surface area contributed by atoms with Crippen LogP contribution in [-0.4, -0.2) is 47.5 Å². The summed E-state index contributed by atoms with van der Waals surface area (Å²) >= 11 is 0. The van der Waals surface area contributed by atoms with Gasteiger partial charge in [-0.25, -0.2) is 18.4 Å². The molecule has 2 rings (SSSR count). The molecule has 0 aliphatic heterocycles. The number of benzene rings is 2. The van der Waals surface area contributed by atoms with Crippen molar-refractivity contribution >= 4 is 27.6 Å². The number of nitrogens with two attached hydrogens (primary N) is 1. The third kappa shape index (κ3) is 6.36. The number of amides is 1. The molecule has 0 radical (unpaired) electrons. The summed E-state index contributed by atoms with van der Waals surface area (Å²) in [4.78, 5) is 25.7. The van der Waals surface area contributed by atoms with Gasteiger partial charge in [-0.2, -0.15) is 0 Å². The van der Waals surface area contributed by atoms with Gasteiger partial charge < -0.3 is 15.0 Å². The second kappa shape index (κ2) is 9.34. The van der Waals surface area contributed by atoms with Gasteiger partial charge in [-0.15, -0.1) is 0 Å². The Kier molecular flexibility index (Phi) is 7.13. The summed E-state index contributed by atoms with van der Waals surface area (Å²) in [5.41, 5.74) is 2.16. The highest BCUT2D eigenvalue weighted by Gasteiger charge is 2.11. The average Bonchev–Trinajstić information content (AvgIpc) is 2.66. The first kappa shape index (κ1) is 21.4. The summed E-state index contributed by atoms with van der Waals surface area (Å²) in [6, 6.07) is 12.9. The number of hydrogen-bond donors (Lipinski definition) is 2. The van der Waals surface area contributed by atoms with Gasteiger partial charge >= 0.3 is 5.97 Å². The molecule has 150 valence electrons. The molecule has 0 aliphatic rings. The Morgan fingerprint density at radius 2 is 1.64 bits per heavy atom. The van der Waals surface area contributed by atoms with Crippen LogP contribution in [0.3, 0.4) is 0 Å². The molecule has 9 heteroatoms. The second-order valence-electron chi connectivity index (χ2n) is 6.31. The first-order chi connectivity index (χ1) is 13.2. The molecular weight excluding hydrogens is 382 g/mol. The van der Waals surface area contributed by atoms with Crippen molar-refractivity contribution in [1.29, 1.82) is 0 Å². The summed E-state index contributed by atoms with van der Waals surface area (Å²) in [5.74, 6) is -0.988. The maximum absolute atomic E-state index is 12.0. The van der Waals surface area contributed by atoms with Gasteiger partial charge in [0.25, 0.3) is 5.91 Å². The SMILES string of the molecule is CN(C)c1ccc(C(=O)OCC(=O)NCCc2ccc(S(N)(=O)=O)cc2)cc1. The molecule has 0 aromatic heterocycles. The van der Waals surface area contributed by atoms with E-state index in [1.807, 2.05) is 19.0 Å². The van der Waals surface area contributed by atoms with E-state index in [2.05, 4.69) is 5.32 Å². The minimum atomic E-state index is -3.72. The topological polar surface area (TPSA) is 119 Å². The molecule has 1 amide bonds. The fraction of sp³-hybridized carbons (Fsp3) is 0.263. The number of esters is 1. The molecule has 28 heavy (non-hydrogen) atoms. The minimum absolute atomic E-state index is 0.0332. The van der Waals surface area contributed by atoms with Crippen molar-refractivity contribution in [2.45, 2.75) is 11.3 Å². The van der Waals surface area contributed by atoms with Crippen LogP contribution in [0.25, 0.3) is 0 Å². The predicted octanol–water partition coefficient (Wildman–Crippen LogP) is 0.916. The quantitative estimate of drug-likeness (QED) is 0.630. The Morgan fingerprint density at radius 3 is 2.18 bits per heavy atom. The Morgan fingerprint density at radius 1 is 1.04 bits per heavy atom. The molecule has 0 saturated heterocycles. The second-order valence-corrected chi connectivity index (χ2v) is 7.87. The van der Waals surface area contributed by atoms with Crippen molar-refractivity contribution < 1.29 is 22.7 Å². The summed E-state index contributed by atoms with van der Waals surface area (Å²) in [6.07, 6.45) is 0.497. The lowest BCUT2D eigenvalue weighted by Gasteiger charge is -2.12. The highest BCUT2D eigenvalue weighted by Crippen LogP contribution is 2.13. The van der Waals surface area contributed by atoms with Crippen LogP contribution in [-0.2, 0) is 26.0 Å². The molecule has 8 nitrogen and oxygen atoms in total. The zero-order valence-corrected chi connectivity index (χ0v) is 16.5. The van der Waals surface area contributed by atoms with E-state index in [0.29, 0.717) is 18.5 Å². The molecular formula is C19H23N3O5S. The van der Waals surface area contributed by atoms with E-state index in [0.717, 1.165) is 11.3 Å². The van der Waals surface area contributed by atoms with Crippen molar-refractivity contribution in [3.63, 3.8) is 0 Å². The van der Waals surface area contributed by atoms with E-state index in [1.165, 1.54) is 12.1 Å². The van der Waals surface area contributed by atoms with E-state index in [9.17, 15) is 18.0 Å². The van der Waals surface area contributed by atoms with Crippen LogP contribution >= 0.6 is 0 Å². The Bertz CT molecular complexity index is 923. The third-order valence-corrected chi connectivity index (χ3v) is 4.87. The number of nitrogens with one attached hydrogen (secondary N) is 1. The lowest BCUT2D eigenvalue weighted by atomic mass is 10.1. The van der Waals surface area contributed by atoms with Crippen LogP contribution in [0.1, 0.15) is 15.9 Å². The molecule has 0 aliphatic carbocycles. The van der Waals surface area contributed by atoms with Crippen LogP contribution in [0.5, 0.6) is 0 Å². The zero-order chi connectivity index (χ0) is 20.7. The highest BCUT2D eigenvalue weighted by molar-refractivity contribution is 7.89. The molecule has 3 N–H and O–H groups in total. The monoisotopic (exact) mass is 405 g/mol. The van der Waals surface area contributed by atoms with Crippen LogP contribution in [0.2, 0.25) is 0 Å². The number of carbonyl (C=O) groups is 2. The van der Waals surface area contributed by atoms with Crippen molar-refractivity contribution in [1.82, 2.24) is 5.32 Å². The van der Waals surface area contributed by atoms with Gasteiger partial charge in [-0.05, 0) is 48.4 Å². The molecule has 0 saturated carbocycles. The summed E-state index contributed by atoms with van der Waals surface area (Å²) < 4.78 is 27.4. The molecule has 2 aromatic rings. The smallest absolute Gasteiger partial charge is 0.338 e. The van der Waals surface area contributed by atoms with Gasteiger partial charge in [0.05, 0.1) is 10.5 Å². The number of rotatable bonds is 8. The maximum Gasteiger partial charge on any atom is 0.338 e. The molecule has 0 fully saturated rings. The first-order valence-electron chi connectivity index (χ1n) is 8.50. The summed E-state index contributed by atoms with van der Waals surface area (Å²) in [7, 11) is 0.0706. The minimum Gasteiger partial charge on any atom is -0.452 e. The Labute approximate surface area is 164 Å². The van der Waals surface area contributed by atoms with Crippen molar-refractivity contribution in [2.75, 3.05) is 32.1 Å². The van der Waals surface area contributed by atoms with E-state index in [1.54, 1.807) is 36.4 Å². The van der Waals surface area contributed by atoms with Gasteiger partial charge in [-0.1, -0.05) is 12.1 Å². The number of ether oxygens (including phenoxy) is 1. The number of primary sulfonamides is 1. The van der Waals surface area contributed by atoms with Gasteiger partial charge in [-0.3, -0.25) is 4.79 Å². The van der Waals surface area contributed by atoms with Gasteiger partial charge in [0, 0.05) is 26.3 Å². The summed E-state index contributed by atoms with van der Waals surface area (Å²) in [5, 5.41) is 7.68. The van der Waals surface area contributed by atoms with E-state index in [4.69, 9.17) is 9.88 Å². The average molecular weight is 405 g/mol. The van der Waals surface area contributed by atoms with Crippen LogP contribution in [0.15, 0.2) is 53.4 Å². The molecule has 0 heterocycles. The molecule has 0 unspecified atom stereocenters. The van der Waals surface area contributed by atoms with Crippen molar-refractivity contribution in [3.8, 4) is 0 Å². The fourth-order valence-corrected chi connectivity index (χ4v) is 2.87. The van der Waals surface area contributed by atoms with Gasteiger partial charge in [0.15, 0.2) is 6.61 Å². The third-order valence-electron chi connectivity index (χ3n) is 3.94. The summed E-state index contributed by atoms with van der Waals surface area (Å²) in [6.45, 7) is -0.0543. The Hall–Kier alpha value is -2.91. The first-order valence-corrected chi connectivity index (χ1v) is 10.0. The number of nitrogens with zero attached hydrogens (tertiary/aromatic N) is 1. The zero-order valence-electron chi connectivity index (χ0n) is 15.7. The van der Waals surface area contributed by atoms with Gasteiger partial charge in [0.2, 0.25) is 10.0 Å². The maximum atomic E-state index is 12.0. The van der Waals surface area contributed by atoms with E-state index < -0.39 is 21.9 Å². The standard InChI is InChI=1S/C19H23N3O5S/c1-22(2)16-7-5-15(6-8-16)19(24)27-13-18(23)21-12-11-14-3-9-17(10-4-14)28(20,25)26/h3-10H,11-13H2,1-2H3,(H,21,23)(H2,20,25,26). The molecule has 0 bridgehead atoms. The highest BCUT2D eigenvalue weighted by atomic mass is 32.2. The van der Waals surface area contributed by atoms with E-state index >= 15 is 0 Å². The molecule has 2 aromatic carbocycles. The number of sulfonamides is 1. The normalized spacial score (nSPS) is 11.0. The molecule has 0 spiro atoms. The van der Waals surface area contributed by atoms with Crippen molar-refractivity contribution in [2.24, 2.45) is 5.14 Å². The fourth-order valence-electron chi connectivity index (χ4n) is 2.35. The van der Waals surface area contributed by atoms with Crippen LogP contribution < -0.4 is 15.4 Å². The lowest BCUT2D eigenvalue weighted by molar-refractivity contribution is -0.124. The number of hydrogen-bond acceptors (Lipinski definition) is 6. The van der Waals surface area contributed by atoms with Crippen LogP contribution in [0.4, 0.5) is 5.69 Å². The number of anilines is 1. The largest absolute Gasteiger partial charge is 0.452 e. The van der Waals surface area contributed by atoms with Crippen molar-refractivity contribution in [3.05, 3.63) is 59.7 Å². The lowest BCUT2D eigenvalue weighted by Crippen LogP contribution is -2.30. The number of carbonyl (C=O) groups excluding carboxylic acids is 2. The predicted molar refractivity (Wildman–Crippen MR) is 106 cm³/mol. The van der Waals surface area contributed by atoms with Gasteiger partial charge in [0.1, 0.15) is 0 Å². The Balaban J connectivity index is 1.74. The van der Waals surface area contributed by atoms with E-state index in [-0.39, 0.29) is 11.5 Å².